The number of nitrogens with two attached hydrogens (primary N) is 1. The number of carbonyl (C=O) groups is 1. The van der Waals surface area contributed by atoms with Crippen LogP contribution in [-0.4, -0.2) is 36.9 Å². The van der Waals surface area contributed by atoms with Crippen molar-refractivity contribution in [2.75, 3.05) is 20.1 Å². The lowest BCUT2D eigenvalue weighted by atomic mass is 9.92. The number of amides is 1. The second-order valence-corrected chi connectivity index (χ2v) is 6.32. The molecule has 0 spiro atoms. The van der Waals surface area contributed by atoms with Gasteiger partial charge in [0.25, 0.3) is 0 Å². The van der Waals surface area contributed by atoms with Gasteiger partial charge < -0.3 is 16.0 Å². The van der Waals surface area contributed by atoms with Crippen LogP contribution in [0.15, 0.2) is 29.3 Å². The fourth-order valence-electron chi connectivity index (χ4n) is 3.18. The Hall–Kier alpha value is -2.04. The van der Waals surface area contributed by atoms with E-state index in [4.69, 9.17) is 5.73 Å². The summed E-state index contributed by atoms with van der Waals surface area (Å²) in [6.45, 7) is 7.27. The minimum atomic E-state index is -0.398. The maximum Gasteiger partial charge on any atom is 0.248 e. The van der Waals surface area contributed by atoms with Crippen molar-refractivity contribution in [2.45, 2.75) is 26.8 Å². The summed E-state index contributed by atoms with van der Waals surface area (Å²) in [5.74, 6) is 1.88. The third-order valence-corrected chi connectivity index (χ3v) is 4.04. The molecule has 1 amide bonds. The molecule has 1 fully saturated rings. The van der Waals surface area contributed by atoms with Crippen LogP contribution in [0.25, 0.3) is 0 Å². The lowest BCUT2D eigenvalue weighted by Crippen LogP contribution is -2.48. The molecule has 2 unspecified atom stereocenters. The molecule has 0 radical (unpaired) electrons. The number of benzene rings is 1. The molecule has 0 saturated carbocycles. The number of hydrogen-bond donors (Lipinski definition) is 2. The fourth-order valence-corrected chi connectivity index (χ4v) is 3.18. The van der Waals surface area contributed by atoms with E-state index in [2.05, 4.69) is 29.1 Å². The van der Waals surface area contributed by atoms with E-state index in [-0.39, 0.29) is 0 Å². The van der Waals surface area contributed by atoms with Crippen molar-refractivity contribution in [2.24, 2.45) is 22.6 Å². The van der Waals surface area contributed by atoms with E-state index in [1.165, 1.54) is 6.42 Å². The van der Waals surface area contributed by atoms with E-state index in [1.54, 1.807) is 6.07 Å². The van der Waals surface area contributed by atoms with Crippen molar-refractivity contribution >= 4 is 11.9 Å². The van der Waals surface area contributed by atoms with Gasteiger partial charge in [0.2, 0.25) is 5.91 Å². The Morgan fingerprint density at radius 2 is 2.05 bits per heavy atom. The summed E-state index contributed by atoms with van der Waals surface area (Å²) in [5, 5.41) is 3.39. The van der Waals surface area contributed by atoms with Crippen LogP contribution in [0.4, 0.5) is 0 Å². The first kappa shape index (κ1) is 16.3. The molecule has 0 bridgehead atoms. The zero-order valence-electron chi connectivity index (χ0n) is 13.7. The average molecular weight is 302 g/mol. The monoisotopic (exact) mass is 302 g/mol. The zero-order chi connectivity index (χ0) is 16.1. The van der Waals surface area contributed by atoms with Crippen LogP contribution in [0.3, 0.4) is 0 Å². The van der Waals surface area contributed by atoms with Gasteiger partial charge in [0.05, 0.1) is 0 Å². The molecule has 5 nitrogen and oxygen atoms in total. The maximum atomic E-state index is 11.2. The molecule has 22 heavy (non-hydrogen) atoms. The second-order valence-electron chi connectivity index (χ2n) is 6.32. The normalized spacial score (nSPS) is 22.5. The molecule has 5 heteroatoms. The van der Waals surface area contributed by atoms with Gasteiger partial charge in [-0.2, -0.15) is 0 Å². The minimum absolute atomic E-state index is 0.398. The van der Waals surface area contributed by atoms with Gasteiger partial charge in [-0.05, 0) is 36.0 Å². The minimum Gasteiger partial charge on any atom is -0.366 e. The SMILES string of the molecule is CN=C(NCc1cccc(C(N)=O)c1)N1CC(C)CC(C)C1. The predicted molar refractivity (Wildman–Crippen MR) is 89.7 cm³/mol. The van der Waals surface area contributed by atoms with Gasteiger partial charge in [0.15, 0.2) is 5.96 Å². The van der Waals surface area contributed by atoms with Gasteiger partial charge in [-0.25, -0.2) is 0 Å². The van der Waals surface area contributed by atoms with Gasteiger partial charge in [-0.3, -0.25) is 9.79 Å². The van der Waals surface area contributed by atoms with Gasteiger partial charge in [-0.1, -0.05) is 26.0 Å². The molecule has 1 aromatic carbocycles. The van der Waals surface area contributed by atoms with E-state index in [1.807, 2.05) is 25.2 Å². The third-order valence-electron chi connectivity index (χ3n) is 4.04. The summed E-state index contributed by atoms with van der Waals surface area (Å²) in [4.78, 5) is 17.9. The Labute approximate surface area is 132 Å². The summed E-state index contributed by atoms with van der Waals surface area (Å²) >= 11 is 0. The van der Waals surface area contributed by atoms with E-state index in [0.717, 1.165) is 24.6 Å². The third kappa shape index (κ3) is 4.23. The lowest BCUT2D eigenvalue weighted by Gasteiger charge is -2.37. The topological polar surface area (TPSA) is 70.7 Å². The van der Waals surface area contributed by atoms with E-state index >= 15 is 0 Å². The first-order valence-electron chi connectivity index (χ1n) is 7.84. The van der Waals surface area contributed by atoms with Gasteiger partial charge >= 0.3 is 0 Å². The first-order valence-corrected chi connectivity index (χ1v) is 7.84. The van der Waals surface area contributed by atoms with Crippen LogP contribution < -0.4 is 11.1 Å². The first-order chi connectivity index (χ1) is 10.5. The van der Waals surface area contributed by atoms with E-state index < -0.39 is 5.91 Å². The number of nitrogens with one attached hydrogen (secondary N) is 1. The summed E-state index contributed by atoms with van der Waals surface area (Å²) in [6, 6.07) is 7.39. The highest BCUT2D eigenvalue weighted by atomic mass is 16.1. The highest BCUT2D eigenvalue weighted by Gasteiger charge is 2.23. The van der Waals surface area contributed by atoms with Crippen LogP contribution in [0.1, 0.15) is 36.2 Å². The smallest absolute Gasteiger partial charge is 0.248 e. The Bertz CT molecular complexity index is 545. The lowest BCUT2D eigenvalue weighted by molar-refractivity contribution is 0.1000. The number of carbonyl (C=O) groups excluding carboxylic acids is 1. The predicted octanol–water partition coefficient (Wildman–Crippen LogP) is 1.84. The average Bonchev–Trinajstić information content (AvgIpc) is 2.47. The number of nitrogens with zero attached hydrogens (tertiary/aromatic N) is 2. The highest BCUT2D eigenvalue weighted by molar-refractivity contribution is 5.92. The van der Waals surface area contributed by atoms with Crippen molar-refractivity contribution in [3.8, 4) is 0 Å². The Morgan fingerprint density at radius 3 is 2.64 bits per heavy atom. The Balaban J connectivity index is 1.99. The Kier molecular flexibility index (Phi) is 5.41. The van der Waals surface area contributed by atoms with Crippen molar-refractivity contribution in [3.05, 3.63) is 35.4 Å². The summed E-state index contributed by atoms with van der Waals surface area (Å²) < 4.78 is 0. The van der Waals surface area contributed by atoms with Gasteiger partial charge in [0.1, 0.15) is 0 Å². The number of rotatable bonds is 3. The molecule has 1 heterocycles. The molecule has 120 valence electrons. The quantitative estimate of drug-likeness (QED) is 0.661. The number of guanidine groups is 1. The van der Waals surface area contributed by atoms with Crippen LogP contribution in [0.5, 0.6) is 0 Å². The van der Waals surface area contributed by atoms with Crippen LogP contribution in [-0.2, 0) is 6.54 Å². The molecule has 0 aromatic heterocycles. The van der Waals surface area contributed by atoms with Crippen molar-refractivity contribution < 1.29 is 4.79 Å². The molecule has 1 aliphatic heterocycles. The van der Waals surface area contributed by atoms with E-state index in [0.29, 0.717) is 23.9 Å². The molecule has 1 aromatic rings. The molecule has 1 saturated heterocycles. The molecule has 0 aliphatic carbocycles. The number of likely N-dealkylation sites (tertiary alicyclic amines) is 1. The van der Waals surface area contributed by atoms with Gasteiger partial charge in [-0.15, -0.1) is 0 Å². The fraction of sp³-hybridized carbons (Fsp3) is 0.529. The van der Waals surface area contributed by atoms with Crippen LogP contribution in [0.2, 0.25) is 0 Å². The zero-order valence-corrected chi connectivity index (χ0v) is 13.7. The van der Waals surface area contributed by atoms with Crippen molar-refractivity contribution in [1.82, 2.24) is 10.2 Å². The van der Waals surface area contributed by atoms with Crippen molar-refractivity contribution in [1.29, 1.82) is 0 Å². The summed E-state index contributed by atoms with van der Waals surface area (Å²) in [6.07, 6.45) is 1.27. The van der Waals surface area contributed by atoms with Crippen LogP contribution >= 0.6 is 0 Å². The molecule has 1 aliphatic rings. The largest absolute Gasteiger partial charge is 0.366 e. The highest BCUT2D eigenvalue weighted by Crippen LogP contribution is 2.20. The number of primary amides is 1. The molecule has 2 rings (SSSR count). The molecular formula is C17H26N4O. The molecule has 3 N–H and O–H groups in total. The molecule has 2 atom stereocenters. The standard InChI is InChI=1S/C17H26N4O/c1-12-7-13(2)11-21(10-12)17(19-3)20-9-14-5-4-6-15(8-14)16(18)22/h4-6,8,12-13H,7,9-11H2,1-3H3,(H2,18,22)(H,19,20). The Morgan fingerprint density at radius 1 is 1.36 bits per heavy atom. The second kappa shape index (κ2) is 7.29. The number of piperidine rings is 1. The molecular weight excluding hydrogens is 276 g/mol. The van der Waals surface area contributed by atoms with Crippen molar-refractivity contribution in [3.63, 3.8) is 0 Å². The van der Waals surface area contributed by atoms with Gasteiger partial charge in [0, 0.05) is 32.2 Å². The maximum absolute atomic E-state index is 11.2. The summed E-state index contributed by atoms with van der Waals surface area (Å²) in [5.41, 5.74) is 6.88. The van der Waals surface area contributed by atoms with Crippen LogP contribution in [0, 0.1) is 11.8 Å². The van der Waals surface area contributed by atoms with E-state index in [9.17, 15) is 4.79 Å². The number of hydrogen-bond acceptors (Lipinski definition) is 2. The number of aliphatic imine (C=N–C) groups is 1. The summed E-state index contributed by atoms with van der Waals surface area (Å²) in [7, 11) is 1.81.